The number of halogens is 1. The molecule has 4 unspecified atom stereocenters. The number of aryl methyl sites for hydroxylation is 1. The summed E-state index contributed by atoms with van der Waals surface area (Å²) in [5.41, 5.74) is 3.69. The second-order valence-corrected chi connectivity index (χ2v) is 8.69. The molecule has 0 radical (unpaired) electrons. The van der Waals surface area contributed by atoms with Gasteiger partial charge in [0.25, 0.3) is 0 Å². The minimum Gasteiger partial charge on any atom is -0.373 e. The minimum atomic E-state index is -0.223. The van der Waals surface area contributed by atoms with Crippen LogP contribution in [0.15, 0.2) is 22.7 Å². The fourth-order valence-corrected chi connectivity index (χ4v) is 4.88. The Hall–Kier alpha value is -1.72. The highest BCUT2D eigenvalue weighted by Gasteiger charge is 2.39. The normalized spacial score (nSPS) is 30.0. The first-order valence-electron chi connectivity index (χ1n) is 10.2. The number of piperidine rings is 1. The Morgan fingerprint density at radius 2 is 2.11 bits per heavy atom. The van der Waals surface area contributed by atoms with Crippen LogP contribution in [0, 0.1) is 18.7 Å². The molecule has 1 aliphatic carbocycles. The average Bonchev–Trinajstić information content (AvgIpc) is 3.34. The number of benzene rings is 1. The molecule has 2 saturated heterocycles. The molecule has 5 rings (SSSR count). The van der Waals surface area contributed by atoms with Crippen LogP contribution in [0.1, 0.15) is 61.8 Å². The number of nitrogens with one attached hydrogen (secondary N) is 1. The van der Waals surface area contributed by atoms with Crippen molar-refractivity contribution < 1.29 is 13.7 Å². The molecular weight excluding hydrogens is 343 g/mol. The standard InChI is InChI=1S/C22H27FN2O2/c1-12-7-15(23)5-6-18(12)21-19(22(27-25-21)14-3-4-14)11-26-17-9-16-8-13(2)20(10-17)24-16/h5-7,13-14,16-17,20,24H,3-4,8-11H2,1-2H3. The number of ether oxygens (including phenoxy) is 1. The number of hydrogen-bond donors (Lipinski definition) is 1. The van der Waals surface area contributed by atoms with E-state index in [0.717, 1.165) is 59.7 Å². The van der Waals surface area contributed by atoms with E-state index in [1.807, 2.05) is 6.92 Å². The molecule has 1 aromatic carbocycles. The quantitative estimate of drug-likeness (QED) is 0.828. The lowest BCUT2D eigenvalue weighted by Crippen LogP contribution is -2.42. The third-order valence-electron chi connectivity index (χ3n) is 6.53. The van der Waals surface area contributed by atoms with Gasteiger partial charge in [0.05, 0.1) is 12.7 Å². The lowest BCUT2D eigenvalue weighted by Gasteiger charge is -2.29. The third kappa shape index (κ3) is 3.32. The van der Waals surface area contributed by atoms with Crippen LogP contribution >= 0.6 is 0 Å². The maximum Gasteiger partial charge on any atom is 0.145 e. The predicted molar refractivity (Wildman–Crippen MR) is 101 cm³/mol. The maximum atomic E-state index is 13.5. The topological polar surface area (TPSA) is 47.3 Å². The monoisotopic (exact) mass is 370 g/mol. The summed E-state index contributed by atoms with van der Waals surface area (Å²) in [6.07, 6.45) is 6.00. The van der Waals surface area contributed by atoms with Crippen molar-refractivity contribution in [3.63, 3.8) is 0 Å². The van der Waals surface area contributed by atoms with Crippen LogP contribution in [0.25, 0.3) is 11.3 Å². The highest BCUT2D eigenvalue weighted by atomic mass is 19.1. The van der Waals surface area contributed by atoms with Crippen LogP contribution < -0.4 is 5.32 Å². The van der Waals surface area contributed by atoms with Crippen molar-refractivity contribution in [1.82, 2.24) is 10.5 Å². The molecular formula is C22H27FN2O2. The number of hydrogen-bond acceptors (Lipinski definition) is 4. The molecule has 0 spiro atoms. The number of nitrogens with zero attached hydrogens (tertiary/aromatic N) is 1. The average molecular weight is 370 g/mol. The van der Waals surface area contributed by atoms with Gasteiger partial charge in [-0.15, -0.1) is 0 Å². The van der Waals surface area contributed by atoms with Gasteiger partial charge in [-0.2, -0.15) is 0 Å². The van der Waals surface area contributed by atoms with E-state index < -0.39 is 0 Å². The Balaban J connectivity index is 1.39. The van der Waals surface area contributed by atoms with Crippen molar-refractivity contribution >= 4 is 0 Å². The predicted octanol–water partition coefficient (Wildman–Crippen LogP) is 4.71. The zero-order valence-corrected chi connectivity index (χ0v) is 16.0. The van der Waals surface area contributed by atoms with Crippen molar-refractivity contribution in [1.29, 1.82) is 0 Å². The zero-order chi connectivity index (χ0) is 18.5. The maximum absolute atomic E-state index is 13.5. The van der Waals surface area contributed by atoms with Crippen LogP contribution in [0.5, 0.6) is 0 Å². The van der Waals surface area contributed by atoms with E-state index in [0.29, 0.717) is 24.6 Å². The SMILES string of the molecule is Cc1cc(F)ccc1-c1noc(C2CC2)c1COC1CC2CC(C)C(C1)N2. The lowest BCUT2D eigenvalue weighted by atomic mass is 9.98. The Morgan fingerprint density at radius 1 is 1.26 bits per heavy atom. The fraction of sp³-hybridized carbons (Fsp3) is 0.591. The van der Waals surface area contributed by atoms with E-state index in [4.69, 9.17) is 9.26 Å². The first-order chi connectivity index (χ1) is 13.1. The molecule has 3 aliphatic rings. The molecule has 0 amide bonds. The van der Waals surface area contributed by atoms with Crippen LogP contribution in [-0.2, 0) is 11.3 Å². The van der Waals surface area contributed by atoms with E-state index in [2.05, 4.69) is 17.4 Å². The molecule has 3 fully saturated rings. The number of aromatic nitrogens is 1. The summed E-state index contributed by atoms with van der Waals surface area (Å²) in [5, 5.41) is 8.07. The Labute approximate surface area is 159 Å². The molecule has 2 aliphatic heterocycles. The molecule has 2 aromatic rings. The van der Waals surface area contributed by atoms with Gasteiger partial charge >= 0.3 is 0 Å². The molecule has 5 heteroatoms. The summed E-state index contributed by atoms with van der Waals surface area (Å²) < 4.78 is 25.7. The molecule has 4 nitrogen and oxygen atoms in total. The second kappa shape index (κ2) is 6.71. The van der Waals surface area contributed by atoms with Gasteiger partial charge in [0.2, 0.25) is 0 Å². The highest BCUT2D eigenvalue weighted by Crippen LogP contribution is 2.45. The van der Waals surface area contributed by atoms with E-state index in [1.165, 1.54) is 12.5 Å². The van der Waals surface area contributed by atoms with Gasteiger partial charge in [0.1, 0.15) is 17.3 Å². The summed E-state index contributed by atoms with van der Waals surface area (Å²) in [6, 6.07) is 6.02. The molecule has 4 atom stereocenters. The van der Waals surface area contributed by atoms with Gasteiger partial charge in [-0.1, -0.05) is 12.1 Å². The Morgan fingerprint density at radius 3 is 2.85 bits per heavy atom. The van der Waals surface area contributed by atoms with E-state index in [-0.39, 0.29) is 11.9 Å². The summed E-state index contributed by atoms with van der Waals surface area (Å²) in [5.74, 6) is 1.95. The Bertz CT molecular complexity index is 843. The van der Waals surface area contributed by atoms with Gasteiger partial charge < -0.3 is 14.6 Å². The first kappa shape index (κ1) is 17.4. The van der Waals surface area contributed by atoms with Crippen LogP contribution in [0.3, 0.4) is 0 Å². The number of rotatable bonds is 5. The summed E-state index contributed by atoms with van der Waals surface area (Å²) in [7, 11) is 0. The van der Waals surface area contributed by atoms with Gasteiger partial charge in [-0.3, -0.25) is 0 Å². The van der Waals surface area contributed by atoms with Crippen LogP contribution in [0.2, 0.25) is 0 Å². The summed E-state index contributed by atoms with van der Waals surface area (Å²) >= 11 is 0. The van der Waals surface area contributed by atoms with Gasteiger partial charge in [-0.05, 0) is 68.7 Å². The lowest BCUT2D eigenvalue weighted by molar-refractivity contribution is 0.00740. The van der Waals surface area contributed by atoms with Crippen molar-refractivity contribution in [2.45, 2.75) is 76.7 Å². The van der Waals surface area contributed by atoms with E-state index in [1.54, 1.807) is 12.1 Å². The van der Waals surface area contributed by atoms with E-state index in [9.17, 15) is 4.39 Å². The molecule has 1 saturated carbocycles. The zero-order valence-electron chi connectivity index (χ0n) is 16.0. The van der Waals surface area contributed by atoms with Crippen molar-refractivity contribution in [3.05, 3.63) is 40.9 Å². The largest absolute Gasteiger partial charge is 0.373 e. The molecule has 27 heavy (non-hydrogen) atoms. The van der Waals surface area contributed by atoms with E-state index >= 15 is 0 Å². The highest BCUT2D eigenvalue weighted by molar-refractivity contribution is 5.67. The van der Waals surface area contributed by atoms with Gasteiger partial charge in [0, 0.05) is 29.1 Å². The molecule has 3 heterocycles. The first-order valence-corrected chi connectivity index (χ1v) is 10.2. The van der Waals surface area contributed by atoms with Gasteiger partial charge in [0.15, 0.2) is 0 Å². The van der Waals surface area contributed by atoms with Crippen molar-refractivity contribution in [2.75, 3.05) is 0 Å². The summed E-state index contributed by atoms with van der Waals surface area (Å²) in [6.45, 7) is 4.78. The Kier molecular flexibility index (Phi) is 4.32. The molecule has 144 valence electrons. The smallest absolute Gasteiger partial charge is 0.145 e. The van der Waals surface area contributed by atoms with Crippen LogP contribution in [-0.4, -0.2) is 23.3 Å². The van der Waals surface area contributed by atoms with Crippen molar-refractivity contribution in [2.24, 2.45) is 5.92 Å². The summed E-state index contributed by atoms with van der Waals surface area (Å²) in [4.78, 5) is 0. The third-order valence-corrected chi connectivity index (χ3v) is 6.53. The molecule has 2 bridgehead atoms. The molecule has 1 aromatic heterocycles. The second-order valence-electron chi connectivity index (χ2n) is 8.69. The minimum absolute atomic E-state index is 0.223. The van der Waals surface area contributed by atoms with Gasteiger partial charge in [-0.25, -0.2) is 4.39 Å². The van der Waals surface area contributed by atoms with Crippen molar-refractivity contribution in [3.8, 4) is 11.3 Å². The fourth-order valence-electron chi connectivity index (χ4n) is 4.88. The van der Waals surface area contributed by atoms with Crippen LogP contribution in [0.4, 0.5) is 4.39 Å². The molecule has 1 N–H and O–H groups in total. The number of fused-ring (bicyclic) bond motifs is 2.